The second kappa shape index (κ2) is 3.81. The van der Waals surface area contributed by atoms with Gasteiger partial charge in [0.15, 0.2) is 5.58 Å². The van der Waals surface area contributed by atoms with Crippen LogP contribution in [0.5, 0.6) is 0 Å². The van der Waals surface area contributed by atoms with Crippen LogP contribution in [0.3, 0.4) is 0 Å². The van der Waals surface area contributed by atoms with Crippen LogP contribution in [-0.2, 0) is 0 Å². The molecular formula is C10H11ClN2O2. The number of aliphatic hydroxyl groups excluding tert-OH is 1. The van der Waals surface area contributed by atoms with Gasteiger partial charge in [-0.25, -0.2) is 4.98 Å². The number of hydrogen-bond donors (Lipinski definition) is 2. The third kappa shape index (κ3) is 1.84. The van der Waals surface area contributed by atoms with E-state index in [0.717, 1.165) is 5.56 Å². The number of nitrogens with zero attached hydrogens (tertiary/aromatic N) is 1. The van der Waals surface area contributed by atoms with Gasteiger partial charge >= 0.3 is 0 Å². The molecule has 0 fully saturated rings. The first-order chi connectivity index (χ1) is 7.11. The number of halogens is 1. The number of aryl methyl sites for hydroxylation is 1. The predicted molar refractivity (Wildman–Crippen MR) is 57.8 cm³/mol. The summed E-state index contributed by atoms with van der Waals surface area (Å²) in [5.41, 5.74) is 7.49. The number of benzene rings is 1. The Kier molecular flexibility index (Phi) is 2.65. The normalized spacial score (nSPS) is 13.3. The Morgan fingerprint density at radius 3 is 3.00 bits per heavy atom. The zero-order valence-corrected chi connectivity index (χ0v) is 8.95. The van der Waals surface area contributed by atoms with Crippen LogP contribution in [0, 0.1) is 6.92 Å². The molecule has 0 saturated carbocycles. The second-order valence-electron chi connectivity index (χ2n) is 3.37. The molecule has 0 aliphatic carbocycles. The molecule has 0 bridgehead atoms. The smallest absolute Gasteiger partial charge is 0.225 e. The molecule has 5 heteroatoms. The summed E-state index contributed by atoms with van der Waals surface area (Å²) < 4.78 is 5.41. The molecule has 0 amide bonds. The van der Waals surface area contributed by atoms with Crippen molar-refractivity contribution < 1.29 is 9.52 Å². The van der Waals surface area contributed by atoms with Crippen LogP contribution in [0.25, 0.3) is 11.1 Å². The third-order valence-electron chi connectivity index (χ3n) is 2.17. The van der Waals surface area contributed by atoms with Gasteiger partial charge in [0.1, 0.15) is 11.6 Å². The summed E-state index contributed by atoms with van der Waals surface area (Å²) in [5.74, 6) is 0.234. The van der Waals surface area contributed by atoms with Crippen LogP contribution in [0.15, 0.2) is 16.5 Å². The van der Waals surface area contributed by atoms with Crippen LogP contribution in [0.1, 0.15) is 17.6 Å². The van der Waals surface area contributed by atoms with E-state index in [0.29, 0.717) is 16.1 Å². The van der Waals surface area contributed by atoms with Crippen molar-refractivity contribution in [2.75, 3.05) is 6.54 Å². The zero-order valence-electron chi connectivity index (χ0n) is 8.20. The highest BCUT2D eigenvalue weighted by Gasteiger charge is 2.15. The van der Waals surface area contributed by atoms with E-state index in [1.807, 2.05) is 6.92 Å². The van der Waals surface area contributed by atoms with Crippen molar-refractivity contribution in [1.82, 2.24) is 4.98 Å². The van der Waals surface area contributed by atoms with Gasteiger partial charge in [0.25, 0.3) is 0 Å². The molecule has 0 aliphatic heterocycles. The van der Waals surface area contributed by atoms with E-state index in [2.05, 4.69) is 4.98 Å². The quantitative estimate of drug-likeness (QED) is 0.819. The minimum absolute atomic E-state index is 0.0829. The Morgan fingerprint density at radius 2 is 2.33 bits per heavy atom. The van der Waals surface area contributed by atoms with E-state index in [4.69, 9.17) is 21.8 Å². The first kappa shape index (κ1) is 10.4. The molecule has 0 saturated heterocycles. The first-order valence-electron chi connectivity index (χ1n) is 4.56. The van der Waals surface area contributed by atoms with Crippen molar-refractivity contribution in [3.8, 4) is 0 Å². The van der Waals surface area contributed by atoms with Gasteiger partial charge in [-0.05, 0) is 24.6 Å². The fraction of sp³-hybridized carbons (Fsp3) is 0.300. The summed E-state index contributed by atoms with van der Waals surface area (Å²) in [4.78, 5) is 4.12. The Balaban J connectivity index is 2.60. The monoisotopic (exact) mass is 226 g/mol. The lowest BCUT2D eigenvalue weighted by Gasteiger charge is -1.99. The number of nitrogens with two attached hydrogens (primary N) is 1. The lowest BCUT2D eigenvalue weighted by Crippen LogP contribution is -2.11. The van der Waals surface area contributed by atoms with Crippen molar-refractivity contribution in [1.29, 1.82) is 0 Å². The summed E-state index contributed by atoms with van der Waals surface area (Å²) in [6, 6.07) is 3.48. The Hall–Kier alpha value is -1.10. The molecule has 0 aliphatic rings. The molecule has 2 rings (SSSR count). The van der Waals surface area contributed by atoms with Crippen molar-refractivity contribution in [2.45, 2.75) is 13.0 Å². The summed E-state index contributed by atoms with van der Waals surface area (Å²) in [6.45, 7) is 1.96. The maximum absolute atomic E-state index is 9.48. The van der Waals surface area contributed by atoms with Crippen molar-refractivity contribution in [3.05, 3.63) is 28.6 Å². The summed E-state index contributed by atoms with van der Waals surface area (Å²) >= 11 is 5.88. The van der Waals surface area contributed by atoms with Gasteiger partial charge in [-0.2, -0.15) is 0 Å². The molecule has 2 aromatic rings. The average molecular weight is 227 g/mol. The van der Waals surface area contributed by atoms with E-state index in [9.17, 15) is 5.11 Å². The molecule has 1 atom stereocenters. The summed E-state index contributed by atoms with van der Waals surface area (Å²) in [7, 11) is 0. The maximum Gasteiger partial charge on any atom is 0.225 e. The van der Waals surface area contributed by atoms with Gasteiger partial charge < -0.3 is 15.3 Å². The van der Waals surface area contributed by atoms with Crippen molar-refractivity contribution >= 4 is 22.7 Å². The third-order valence-corrected chi connectivity index (χ3v) is 2.38. The SMILES string of the molecule is Cc1cc(Cl)cc2nc(C(O)CN)oc12. The number of hydrogen-bond acceptors (Lipinski definition) is 4. The van der Waals surface area contributed by atoms with Crippen LogP contribution in [0.4, 0.5) is 0 Å². The van der Waals surface area contributed by atoms with Gasteiger partial charge in [-0.15, -0.1) is 0 Å². The number of oxazole rings is 1. The largest absolute Gasteiger partial charge is 0.438 e. The standard InChI is InChI=1S/C10H11ClN2O2/c1-5-2-6(11)3-7-9(5)15-10(13-7)8(14)4-12/h2-3,8,14H,4,12H2,1H3. The van der Waals surface area contributed by atoms with Gasteiger partial charge in [-0.3, -0.25) is 0 Å². The van der Waals surface area contributed by atoms with Crippen molar-refractivity contribution in [2.24, 2.45) is 5.73 Å². The number of aromatic nitrogens is 1. The van der Waals surface area contributed by atoms with Crippen molar-refractivity contribution in [3.63, 3.8) is 0 Å². The van der Waals surface area contributed by atoms with Crippen LogP contribution < -0.4 is 5.73 Å². The minimum Gasteiger partial charge on any atom is -0.438 e. The van der Waals surface area contributed by atoms with Gasteiger partial charge in [0, 0.05) is 11.6 Å². The Bertz CT molecular complexity index is 495. The molecule has 3 N–H and O–H groups in total. The van der Waals surface area contributed by atoms with Gasteiger partial charge in [0.05, 0.1) is 0 Å². The molecule has 15 heavy (non-hydrogen) atoms. The minimum atomic E-state index is -0.865. The van der Waals surface area contributed by atoms with E-state index in [-0.39, 0.29) is 12.4 Å². The van der Waals surface area contributed by atoms with E-state index >= 15 is 0 Å². The molecule has 1 aromatic carbocycles. The van der Waals surface area contributed by atoms with Crippen LogP contribution in [0.2, 0.25) is 5.02 Å². The molecule has 80 valence electrons. The lowest BCUT2D eigenvalue weighted by molar-refractivity contribution is 0.154. The predicted octanol–water partition coefficient (Wildman–Crippen LogP) is 1.78. The highest BCUT2D eigenvalue weighted by atomic mass is 35.5. The average Bonchev–Trinajstić information content (AvgIpc) is 2.60. The second-order valence-corrected chi connectivity index (χ2v) is 3.81. The van der Waals surface area contributed by atoms with E-state index in [1.54, 1.807) is 12.1 Å². The molecule has 1 unspecified atom stereocenters. The molecule has 1 aromatic heterocycles. The number of rotatable bonds is 2. The number of fused-ring (bicyclic) bond motifs is 1. The fourth-order valence-electron chi connectivity index (χ4n) is 1.42. The Morgan fingerprint density at radius 1 is 1.60 bits per heavy atom. The van der Waals surface area contributed by atoms with Crippen LogP contribution in [-0.4, -0.2) is 16.6 Å². The number of aliphatic hydroxyl groups is 1. The maximum atomic E-state index is 9.48. The van der Waals surface area contributed by atoms with Crippen LogP contribution >= 0.6 is 11.6 Å². The fourth-order valence-corrected chi connectivity index (χ4v) is 1.68. The molecule has 0 spiro atoms. The highest BCUT2D eigenvalue weighted by Crippen LogP contribution is 2.26. The molecular weight excluding hydrogens is 216 g/mol. The molecule has 4 nitrogen and oxygen atoms in total. The summed E-state index contributed by atoms with van der Waals surface area (Å²) in [6.07, 6.45) is -0.865. The van der Waals surface area contributed by atoms with Gasteiger partial charge in [-0.1, -0.05) is 11.6 Å². The highest BCUT2D eigenvalue weighted by molar-refractivity contribution is 6.31. The zero-order chi connectivity index (χ0) is 11.0. The van der Waals surface area contributed by atoms with Gasteiger partial charge in [0.2, 0.25) is 5.89 Å². The first-order valence-corrected chi connectivity index (χ1v) is 4.94. The lowest BCUT2D eigenvalue weighted by atomic mass is 10.2. The van der Waals surface area contributed by atoms with E-state index in [1.165, 1.54) is 0 Å². The summed E-state index contributed by atoms with van der Waals surface area (Å²) in [5, 5.41) is 10.1. The molecule has 0 radical (unpaired) electrons. The molecule has 1 heterocycles. The van der Waals surface area contributed by atoms with E-state index < -0.39 is 6.10 Å². The Labute approximate surface area is 91.7 Å². The topological polar surface area (TPSA) is 72.3 Å².